The maximum Gasteiger partial charge on any atom is 0.137 e. The van der Waals surface area contributed by atoms with Gasteiger partial charge in [-0.05, 0) is 21.0 Å². The van der Waals surface area contributed by atoms with Gasteiger partial charge in [-0.25, -0.2) is 9.97 Å². The Morgan fingerprint density at radius 1 is 1.11 bits per heavy atom. The molecule has 0 radical (unpaired) electrons. The van der Waals surface area contributed by atoms with E-state index in [1.165, 1.54) is 0 Å². The van der Waals surface area contributed by atoms with Gasteiger partial charge in [0.2, 0.25) is 0 Å². The average Bonchev–Trinajstić information content (AvgIpc) is 2.36. The van der Waals surface area contributed by atoms with Crippen LogP contribution < -0.4 is 10.2 Å². The van der Waals surface area contributed by atoms with E-state index in [1.807, 2.05) is 7.05 Å². The van der Waals surface area contributed by atoms with Crippen molar-refractivity contribution in [2.45, 2.75) is 20.3 Å². The SMILES string of the molecule is CCc1nc(NC)c(C)c(N(C)CCN(C)C)n1. The van der Waals surface area contributed by atoms with Crippen molar-refractivity contribution in [3.05, 3.63) is 11.4 Å². The Bertz CT molecular complexity index is 389. The van der Waals surface area contributed by atoms with Crippen LogP contribution in [0.5, 0.6) is 0 Å². The van der Waals surface area contributed by atoms with Gasteiger partial charge in [0.05, 0.1) is 0 Å². The molecule has 1 rings (SSSR count). The van der Waals surface area contributed by atoms with Gasteiger partial charge in [-0.1, -0.05) is 6.92 Å². The van der Waals surface area contributed by atoms with Crippen molar-refractivity contribution in [2.24, 2.45) is 0 Å². The minimum atomic E-state index is 0.851. The van der Waals surface area contributed by atoms with Crippen LogP contribution in [0, 0.1) is 6.92 Å². The number of nitrogens with zero attached hydrogens (tertiary/aromatic N) is 4. The van der Waals surface area contributed by atoms with Crippen LogP contribution in [0.3, 0.4) is 0 Å². The molecule has 5 heteroatoms. The predicted octanol–water partition coefficient (Wildman–Crippen LogP) is 1.39. The summed E-state index contributed by atoms with van der Waals surface area (Å²) in [6.07, 6.45) is 0.851. The number of nitrogens with one attached hydrogen (secondary N) is 1. The number of anilines is 2. The van der Waals surface area contributed by atoms with E-state index < -0.39 is 0 Å². The van der Waals surface area contributed by atoms with Crippen LogP contribution in [0.2, 0.25) is 0 Å². The van der Waals surface area contributed by atoms with E-state index in [0.717, 1.165) is 42.5 Å². The Balaban J connectivity index is 2.98. The number of aryl methyl sites for hydroxylation is 1. The first kappa shape index (κ1) is 14.7. The molecule has 102 valence electrons. The Hall–Kier alpha value is -1.36. The fourth-order valence-corrected chi connectivity index (χ4v) is 1.78. The zero-order chi connectivity index (χ0) is 13.7. The zero-order valence-electron chi connectivity index (χ0n) is 12.4. The Morgan fingerprint density at radius 2 is 1.78 bits per heavy atom. The molecule has 18 heavy (non-hydrogen) atoms. The molecule has 0 fully saturated rings. The number of hydrogen-bond acceptors (Lipinski definition) is 5. The largest absolute Gasteiger partial charge is 0.373 e. The molecule has 0 saturated heterocycles. The van der Waals surface area contributed by atoms with E-state index in [0.29, 0.717) is 0 Å². The minimum Gasteiger partial charge on any atom is -0.373 e. The topological polar surface area (TPSA) is 44.3 Å². The van der Waals surface area contributed by atoms with Crippen LogP contribution in [0.4, 0.5) is 11.6 Å². The van der Waals surface area contributed by atoms with Crippen molar-refractivity contribution in [3.8, 4) is 0 Å². The first-order chi connectivity index (χ1) is 8.49. The van der Waals surface area contributed by atoms with Crippen molar-refractivity contribution < 1.29 is 0 Å². The second kappa shape index (κ2) is 6.54. The molecule has 0 bridgehead atoms. The molecule has 0 aromatic carbocycles. The van der Waals surface area contributed by atoms with Crippen LogP contribution >= 0.6 is 0 Å². The molecule has 0 amide bonds. The molecule has 0 aliphatic rings. The molecule has 1 aromatic rings. The lowest BCUT2D eigenvalue weighted by Gasteiger charge is -2.23. The molecular formula is C13H25N5. The second-order valence-corrected chi connectivity index (χ2v) is 4.77. The quantitative estimate of drug-likeness (QED) is 0.827. The van der Waals surface area contributed by atoms with Crippen LogP contribution in [0.1, 0.15) is 18.3 Å². The second-order valence-electron chi connectivity index (χ2n) is 4.77. The standard InChI is InChI=1S/C13H25N5/c1-7-11-15-12(14-3)10(2)13(16-11)18(6)9-8-17(4)5/h7-9H2,1-6H3,(H,14,15,16). The number of likely N-dealkylation sites (N-methyl/N-ethyl adjacent to an activating group) is 2. The Morgan fingerprint density at radius 3 is 2.28 bits per heavy atom. The third-order valence-electron chi connectivity index (χ3n) is 2.96. The van der Waals surface area contributed by atoms with Crippen molar-refractivity contribution in [1.29, 1.82) is 0 Å². The third kappa shape index (κ3) is 3.57. The van der Waals surface area contributed by atoms with E-state index in [9.17, 15) is 0 Å². The number of aromatic nitrogens is 2. The maximum atomic E-state index is 4.63. The monoisotopic (exact) mass is 251 g/mol. The summed E-state index contributed by atoms with van der Waals surface area (Å²) in [6.45, 7) is 6.11. The van der Waals surface area contributed by atoms with Crippen molar-refractivity contribution >= 4 is 11.6 Å². The van der Waals surface area contributed by atoms with Gasteiger partial charge in [-0.2, -0.15) is 0 Å². The Kier molecular flexibility index (Phi) is 5.34. The molecule has 0 saturated carbocycles. The molecule has 5 nitrogen and oxygen atoms in total. The van der Waals surface area contributed by atoms with Crippen molar-refractivity contribution in [1.82, 2.24) is 14.9 Å². The van der Waals surface area contributed by atoms with E-state index in [4.69, 9.17) is 0 Å². The van der Waals surface area contributed by atoms with Gasteiger partial charge >= 0.3 is 0 Å². The number of hydrogen-bond donors (Lipinski definition) is 1. The van der Waals surface area contributed by atoms with Gasteiger partial charge in [0.25, 0.3) is 0 Å². The van der Waals surface area contributed by atoms with Gasteiger partial charge in [-0.15, -0.1) is 0 Å². The highest BCUT2D eigenvalue weighted by atomic mass is 15.2. The average molecular weight is 251 g/mol. The highest BCUT2D eigenvalue weighted by Gasteiger charge is 2.12. The summed E-state index contributed by atoms with van der Waals surface area (Å²) in [6, 6.07) is 0. The summed E-state index contributed by atoms with van der Waals surface area (Å²) >= 11 is 0. The van der Waals surface area contributed by atoms with Crippen LogP contribution in [0.15, 0.2) is 0 Å². The van der Waals surface area contributed by atoms with Crippen molar-refractivity contribution in [3.63, 3.8) is 0 Å². The lowest BCUT2D eigenvalue weighted by atomic mass is 10.2. The highest BCUT2D eigenvalue weighted by molar-refractivity contribution is 5.58. The molecule has 1 N–H and O–H groups in total. The number of rotatable bonds is 6. The highest BCUT2D eigenvalue weighted by Crippen LogP contribution is 2.22. The summed E-state index contributed by atoms with van der Waals surface area (Å²) in [7, 11) is 8.14. The summed E-state index contributed by atoms with van der Waals surface area (Å²) < 4.78 is 0. The first-order valence-electron chi connectivity index (χ1n) is 6.40. The molecule has 0 spiro atoms. The lowest BCUT2D eigenvalue weighted by molar-refractivity contribution is 0.416. The minimum absolute atomic E-state index is 0.851. The molecule has 0 aliphatic carbocycles. The fraction of sp³-hybridized carbons (Fsp3) is 0.692. The first-order valence-corrected chi connectivity index (χ1v) is 6.40. The van der Waals surface area contributed by atoms with Crippen molar-refractivity contribution in [2.75, 3.05) is 51.5 Å². The smallest absolute Gasteiger partial charge is 0.137 e. The molecule has 0 aliphatic heterocycles. The summed E-state index contributed by atoms with van der Waals surface area (Å²) in [4.78, 5) is 13.5. The normalized spacial score (nSPS) is 10.8. The summed E-state index contributed by atoms with van der Waals surface area (Å²) in [5.74, 6) is 2.83. The van der Waals surface area contributed by atoms with E-state index in [2.05, 4.69) is 60.1 Å². The maximum absolute atomic E-state index is 4.63. The molecule has 1 aromatic heterocycles. The Labute approximate surface area is 110 Å². The zero-order valence-corrected chi connectivity index (χ0v) is 12.4. The van der Waals surface area contributed by atoms with Gasteiger partial charge in [0.15, 0.2) is 0 Å². The van der Waals surface area contributed by atoms with Gasteiger partial charge < -0.3 is 15.1 Å². The summed E-state index contributed by atoms with van der Waals surface area (Å²) in [5, 5.41) is 3.14. The fourth-order valence-electron chi connectivity index (χ4n) is 1.78. The molecule has 0 unspecified atom stereocenters. The molecule has 1 heterocycles. The van der Waals surface area contributed by atoms with Gasteiger partial charge in [0, 0.05) is 39.2 Å². The van der Waals surface area contributed by atoms with Crippen LogP contribution in [-0.4, -0.2) is 56.1 Å². The van der Waals surface area contributed by atoms with Crippen LogP contribution in [-0.2, 0) is 6.42 Å². The van der Waals surface area contributed by atoms with E-state index in [-0.39, 0.29) is 0 Å². The lowest BCUT2D eigenvalue weighted by Crippen LogP contribution is -2.30. The van der Waals surface area contributed by atoms with E-state index >= 15 is 0 Å². The van der Waals surface area contributed by atoms with Gasteiger partial charge in [0.1, 0.15) is 17.5 Å². The van der Waals surface area contributed by atoms with Crippen LogP contribution in [0.25, 0.3) is 0 Å². The predicted molar refractivity (Wildman–Crippen MR) is 77.5 cm³/mol. The molecular weight excluding hydrogens is 226 g/mol. The van der Waals surface area contributed by atoms with E-state index in [1.54, 1.807) is 0 Å². The summed E-state index contributed by atoms with van der Waals surface area (Å²) in [5.41, 5.74) is 1.11. The third-order valence-corrected chi connectivity index (χ3v) is 2.96. The van der Waals surface area contributed by atoms with Gasteiger partial charge in [-0.3, -0.25) is 0 Å². The molecule has 0 atom stereocenters.